The van der Waals surface area contributed by atoms with Gasteiger partial charge in [-0.05, 0) is 41.2 Å². The van der Waals surface area contributed by atoms with E-state index in [1.807, 2.05) is 12.4 Å². The summed E-state index contributed by atoms with van der Waals surface area (Å²) in [5.41, 5.74) is 1.20. The molecule has 4 nitrogen and oxygen atoms in total. The van der Waals surface area contributed by atoms with Crippen LogP contribution in [0.2, 0.25) is 0 Å². The number of hydrogen-bond donors (Lipinski definition) is 1. The minimum absolute atomic E-state index is 0.0205. The molecule has 0 spiro atoms. The Bertz CT molecular complexity index is 508. The van der Waals surface area contributed by atoms with Crippen molar-refractivity contribution in [3.63, 3.8) is 0 Å². The van der Waals surface area contributed by atoms with E-state index < -0.39 is 0 Å². The fraction of sp³-hybridized carbons (Fsp3) is 0.182. The summed E-state index contributed by atoms with van der Waals surface area (Å²) in [4.78, 5) is 15.5. The zero-order valence-electron chi connectivity index (χ0n) is 9.32. The molecule has 0 bridgehead atoms. The van der Waals surface area contributed by atoms with Gasteiger partial charge >= 0.3 is 0 Å². The molecule has 0 aromatic heterocycles. The molecule has 0 unspecified atom stereocenters. The van der Waals surface area contributed by atoms with Crippen molar-refractivity contribution in [1.82, 2.24) is 5.32 Å². The number of carbonyl (C=O) groups excluding carboxylic acids is 1. The summed E-state index contributed by atoms with van der Waals surface area (Å²) in [6, 6.07) is 5.17. The number of nitrogens with zero attached hydrogens (tertiary/aromatic N) is 2. The molecule has 0 amide bonds. The van der Waals surface area contributed by atoms with Gasteiger partial charge in [-0.15, -0.1) is 0 Å². The number of carbonyl (C=O) groups is 1. The summed E-state index contributed by atoms with van der Waals surface area (Å²) in [7, 11) is 0. The van der Waals surface area contributed by atoms with Crippen molar-refractivity contribution < 1.29 is 4.79 Å². The second kappa shape index (κ2) is 6.42. The molecule has 1 aromatic carbocycles. The van der Waals surface area contributed by atoms with Crippen LogP contribution in [-0.2, 0) is 0 Å². The van der Waals surface area contributed by atoms with Crippen LogP contribution in [0, 0.1) is 11.5 Å². The number of rotatable bonds is 2. The zero-order valence-corrected chi connectivity index (χ0v) is 11.7. The fourth-order valence-electron chi connectivity index (χ4n) is 1.10. The molecule has 17 heavy (non-hydrogen) atoms. The van der Waals surface area contributed by atoms with Crippen molar-refractivity contribution in [3.8, 4) is 6.19 Å². The van der Waals surface area contributed by atoms with Crippen molar-refractivity contribution >= 4 is 44.3 Å². The maximum absolute atomic E-state index is 11.3. The van der Waals surface area contributed by atoms with E-state index in [1.165, 1.54) is 18.7 Å². The standard InChI is InChI=1S/C11H10BrN3OS/c1-7(16)8-3-4-9(12)10(5-8)15-11(17-2)14-6-13/h3-5H,1-2H3,(H,14,15). The maximum Gasteiger partial charge on any atom is 0.183 e. The smallest absolute Gasteiger partial charge is 0.183 e. The lowest BCUT2D eigenvalue weighted by atomic mass is 10.1. The Labute approximate surface area is 112 Å². The van der Waals surface area contributed by atoms with Gasteiger partial charge in [0.2, 0.25) is 0 Å². The van der Waals surface area contributed by atoms with E-state index in [-0.39, 0.29) is 5.78 Å². The van der Waals surface area contributed by atoms with E-state index in [0.29, 0.717) is 16.4 Å². The van der Waals surface area contributed by atoms with Crippen LogP contribution in [0.4, 0.5) is 5.69 Å². The largest absolute Gasteiger partial charge is 0.295 e. The van der Waals surface area contributed by atoms with Gasteiger partial charge in [-0.2, -0.15) is 5.26 Å². The summed E-state index contributed by atoms with van der Waals surface area (Å²) >= 11 is 4.67. The van der Waals surface area contributed by atoms with E-state index >= 15 is 0 Å². The van der Waals surface area contributed by atoms with Gasteiger partial charge < -0.3 is 0 Å². The SMILES string of the molecule is CSC(=Nc1cc(C(C)=O)ccc1Br)NC#N. The highest BCUT2D eigenvalue weighted by Gasteiger charge is 2.05. The van der Waals surface area contributed by atoms with Gasteiger partial charge in [0, 0.05) is 10.0 Å². The topological polar surface area (TPSA) is 65.2 Å². The van der Waals surface area contributed by atoms with Gasteiger partial charge in [0.25, 0.3) is 0 Å². The third-order valence-electron chi connectivity index (χ3n) is 1.93. The highest BCUT2D eigenvalue weighted by molar-refractivity contribution is 9.10. The highest BCUT2D eigenvalue weighted by atomic mass is 79.9. The molecule has 88 valence electrons. The molecule has 0 heterocycles. The van der Waals surface area contributed by atoms with E-state index in [0.717, 1.165) is 4.47 Å². The van der Waals surface area contributed by atoms with Crippen molar-refractivity contribution in [3.05, 3.63) is 28.2 Å². The Kier molecular flexibility index (Phi) is 5.19. The summed E-state index contributed by atoms with van der Waals surface area (Å²) in [6.45, 7) is 1.50. The number of halogens is 1. The van der Waals surface area contributed by atoms with Crippen LogP contribution >= 0.6 is 27.7 Å². The Morgan fingerprint density at radius 3 is 2.82 bits per heavy atom. The number of nitriles is 1. The van der Waals surface area contributed by atoms with Gasteiger partial charge in [-0.25, -0.2) is 4.99 Å². The molecule has 1 aromatic rings. The molecule has 0 fully saturated rings. The van der Waals surface area contributed by atoms with E-state index in [4.69, 9.17) is 5.26 Å². The molecule has 0 aliphatic heterocycles. The molecule has 0 aliphatic rings. The maximum atomic E-state index is 11.3. The fourth-order valence-corrected chi connectivity index (χ4v) is 1.77. The quantitative estimate of drug-likeness (QED) is 0.300. The van der Waals surface area contributed by atoms with Crippen LogP contribution in [0.15, 0.2) is 27.7 Å². The third-order valence-corrected chi connectivity index (χ3v) is 3.18. The van der Waals surface area contributed by atoms with Crippen molar-refractivity contribution in [2.75, 3.05) is 6.26 Å². The Balaban J connectivity index is 3.17. The van der Waals surface area contributed by atoms with Crippen LogP contribution in [0.25, 0.3) is 0 Å². The third kappa shape index (κ3) is 3.88. The average molecular weight is 312 g/mol. The first-order valence-corrected chi connectivity index (χ1v) is 6.68. The molecule has 0 saturated heterocycles. The number of thioether (sulfide) groups is 1. The van der Waals surface area contributed by atoms with Gasteiger partial charge in [0.1, 0.15) is 0 Å². The lowest BCUT2D eigenvalue weighted by molar-refractivity contribution is 0.101. The highest BCUT2D eigenvalue weighted by Crippen LogP contribution is 2.27. The first kappa shape index (κ1) is 13.7. The number of aliphatic imine (C=N–C) groups is 1. The normalized spacial score (nSPS) is 10.8. The minimum atomic E-state index is -0.0205. The predicted octanol–water partition coefficient (Wildman–Crippen LogP) is 3.07. The van der Waals surface area contributed by atoms with Crippen LogP contribution in [0.1, 0.15) is 17.3 Å². The van der Waals surface area contributed by atoms with Gasteiger partial charge in [-0.3, -0.25) is 10.1 Å². The summed E-state index contributed by atoms with van der Waals surface area (Å²) in [5.74, 6) is -0.0205. The van der Waals surface area contributed by atoms with Crippen molar-refractivity contribution in [1.29, 1.82) is 5.26 Å². The average Bonchev–Trinajstić information content (AvgIpc) is 2.30. The molecule has 1 N–H and O–H groups in total. The second-order valence-corrected chi connectivity index (χ2v) is 4.73. The minimum Gasteiger partial charge on any atom is -0.295 e. The molecule has 6 heteroatoms. The van der Waals surface area contributed by atoms with Crippen molar-refractivity contribution in [2.24, 2.45) is 4.99 Å². The Morgan fingerprint density at radius 2 is 2.29 bits per heavy atom. The molecule has 1 rings (SSSR count). The zero-order chi connectivity index (χ0) is 12.8. The number of ketones is 1. The molecule has 0 aliphatic carbocycles. The molecule has 0 radical (unpaired) electrons. The molecular weight excluding hydrogens is 302 g/mol. The van der Waals surface area contributed by atoms with Crippen LogP contribution < -0.4 is 5.32 Å². The molecule has 0 saturated carbocycles. The van der Waals surface area contributed by atoms with Gasteiger partial charge in [0.05, 0.1) is 5.69 Å². The van der Waals surface area contributed by atoms with Gasteiger partial charge in [-0.1, -0.05) is 17.8 Å². The molecular formula is C11H10BrN3OS. The monoisotopic (exact) mass is 311 g/mol. The van der Waals surface area contributed by atoms with E-state index in [9.17, 15) is 4.79 Å². The van der Waals surface area contributed by atoms with Crippen LogP contribution in [0.3, 0.4) is 0 Å². The number of hydrogen-bond acceptors (Lipinski definition) is 4. The first-order valence-electron chi connectivity index (χ1n) is 4.66. The van der Waals surface area contributed by atoms with E-state index in [1.54, 1.807) is 18.2 Å². The number of benzene rings is 1. The van der Waals surface area contributed by atoms with Gasteiger partial charge in [0.15, 0.2) is 17.1 Å². The predicted molar refractivity (Wildman–Crippen MR) is 73.5 cm³/mol. The summed E-state index contributed by atoms with van der Waals surface area (Å²) < 4.78 is 0.772. The van der Waals surface area contributed by atoms with Crippen LogP contribution in [0.5, 0.6) is 0 Å². The lowest BCUT2D eigenvalue weighted by Crippen LogP contribution is -2.12. The lowest BCUT2D eigenvalue weighted by Gasteiger charge is -2.03. The number of amidine groups is 1. The number of nitrogens with one attached hydrogen (secondary N) is 1. The summed E-state index contributed by atoms with van der Waals surface area (Å²) in [6.07, 6.45) is 3.62. The molecule has 0 atom stereocenters. The summed E-state index contributed by atoms with van der Waals surface area (Å²) in [5, 5.41) is 11.5. The van der Waals surface area contributed by atoms with Crippen molar-refractivity contribution in [2.45, 2.75) is 6.92 Å². The number of Topliss-reactive ketones (excluding diaryl/α,β-unsaturated/α-hetero) is 1. The Morgan fingerprint density at radius 1 is 1.59 bits per heavy atom. The second-order valence-electron chi connectivity index (χ2n) is 3.08. The first-order chi connectivity index (χ1) is 8.08. The van der Waals surface area contributed by atoms with E-state index in [2.05, 4.69) is 26.2 Å². The van der Waals surface area contributed by atoms with Crippen LogP contribution in [-0.4, -0.2) is 17.2 Å². The Hall–Kier alpha value is -1.32.